The zero-order valence-corrected chi connectivity index (χ0v) is 13.5. The Labute approximate surface area is 133 Å². The van der Waals surface area contributed by atoms with Gasteiger partial charge in [0.2, 0.25) is 5.91 Å². The highest BCUT2D eigenvalue weighted by molar-refractivity contribution is 7.15. The van der Waals surface area contributed by atoms with E-state index in [1.807, 2.05) is 13.8 Å². The van der Waals surface area contributed by atoms with Crippen molar-refractivity contribution in [1.29, 1.82) is 0 Å². The largest absolute Gasteiger partial charge is 0.372 e. The number of benzene rings is 1. The molecule has 0 aliphatic heterocycles. The third kappa shape index (κ3) is 4.61. The number of hydrogen-bond acceptors (Lipinski definition) is 4. The summed E-state index contributed by atoms with van der Waals surface area (Å²) in [5.41, 5.74) is 1.85. The summed E-state index contributed by atoms with van der Waals surface area (Å²) < 4.78 is 18.0. The fraction of sp³-hybridized carbons (Fsp3) is 0.375. The average molecular weight is 322 g/mol. The van der Waals surface area contributed by atoms with Crippen molar-refractivity contribution < 1.29 is 13.9 Å². The zero-order chi connectivity index (χ0) is 15.9. The number of amides is 1. The van der Waals surface area contributed by atoms with E-state index in [-0.39, 0.29) is 18.3 Å². The molecule has 1 heterocycles. The summed E-state index contributed by atoms with van der Waals surface area (Å²) >= 11 is 1.57. The van der Waals surface area contributed by atoms with Gasteiger partial charge >= 0.3 is 0 Å². The molecule has 2 rings (SSSR count). The van der Waals surface area contributed by atoms with Gasteiger partial charge in [0.05, 0.1) is 5.69 Å². The van der Waals surface area contributed by atoms with Crippen LogP contribution in [0.4, 0.5) is 4.39 Å². The SMILES string of the molecule is CCOCC(=O)NCCc1sc(-c2ccc(F)cc2)nc1C. The minimum absolute atomic E-state index is 0.0962. The Kier molecular flexibility index (Phi) is 6.03. The molecular formula is C16H19FN2O2S. The van der Waals surface area contributed by atoms with Crippen molar-refractivity contribution in [2.45, 2.75) is 20.3 Å². The molecule has 1 amide bonds. The minimum Gasteiger partial charge on any atom is -0.372 e. The van der Waals surface area contributed by atoms with E-state index >= 15 is 0 Å². The van der Waals surface area contributed by atoms with Crippen LogP contribution in [-0.2, 0) is 16.0 Å². The highest BCUT2D eigenvalue weighted by Crippen LogP contribution is 2.28. The summed E-state index contributed by atoms with van der Waals surface area (Å²) in [7, 11) is 0. The highest BCUT2D eigenvalue weighted by atomic mass is 32.1. The first-order valence-corrected chi connectivity index (χ1v) is 7.98. The highest BCUT2D eigenvalue weighted by Gasteiger charge is 2.10. The van der Waals surface area contributed by atoms with Crippen molar-refractivity contribution >= 4 is 17.2 Å². The topological polar surface area (TPSA) is 51.2 Å². The number of nitrogens with one attached hydrogen (secondary N) is 1. The molecule has 0 radical (unpaired) electrons. The number of aryl methyl sites for hydroxylation is 1. The maximum Gasteiger partial charge on any atom is 0.246 e. The number of aromatic nitrogens is 1. The quantitative estimate of drug-likeness (QED) is 0.853. The van der Waals surface area contributed by atoms with Gasteiger partial charge in [-0.3, -0.25) is 4.79 Å². The van der Waals surface area contributed by atoms with Crippen LogP contribution in [0, 0.1) is 12.7 Å². The number of carbonyl (C=O) groups is 1. The van der Waals surface area contributed by atoms with Crippen LogP contribution in [0.2, 0.25) is 0 Å². The summed E-state index contributed by atoms with van der Waals surface area (Å²) in [5, 5.41) is 3.68. The second-order valence-corrected chi connectivity index (χ2v) is 5.86. The van der Waals surface area contributed by atoms with Crippen LogP contribution in [-0.4, -0.2) is 30.6 Å². The number of halogens is 1. The van der Waals surface area contributed by atoms with Gasteiger partial charge in [-0.1, -0.05) is 0 Å². The lowest BCUT2D eigenvalue weighted by molar-refractivity contribution is -0.125. The summed E-state index contributed by atoms with van der Waals surface area (Å²) in [6.07, 6.45) is 0.725. The molecule has 6 heteroatoms. The van der Waals surface area contributed by atoms with Crippen LogP contribution in [0.15, 0.2) is 24.3 Å². The molecule has 2 aromatic rings. The van der Waals surface area contributed by atoms with Gasteiger partial charge < -0.3 is 10.1 Å². The molecule has 0 aliphatic rings. The van der Waals surface area contributed by atoms with E-state index in [1.54, 1.807) is 23.5 Å². The summed E-state index contributed by atoms with van der Waals surface area (Å²) in [4.78, 5) is 17.1. The maximum absolute atomic E-state index is 13.0. The number of ether oxygens (including phenoxy) is 1. The molecule has 4 nitrogen and oxygen atoms in total. The van der Waals surface area contributed by atoms with E-state index in [0.29, 0.717) is 13.2 Å². The third-order valence-corrected chi connectivity index (χ3v) is 4.36. The second kappa shape index (κ2) is 8.00. The molecular weight excluding hydrogens is 303 g/mol. The van der Waals surface area contributed by atoms with Gasteiger partial charge in [0, 0.05) is 30.0 Å². The minimum atomic E-state index is -0.255. The van der Waals surface area contributed by atoms with Gasteiger partial charge in [-0.15, -0.1) is 11.3 Å². The Morgan fingerprint density at radius 2 is 2.09 bits per heavy atom. The van der Waals surface area contributed by atoms with Gasteiger partial charge in [0.1, 0.15) is 17.4 Å². The predicted octanol–water partition coefficient (Wildman–Crippen LogP) is 2.95. The van der Waals surface area contributed by atoms with E-state index in [1.165, 1.54) is 12.1 Å². The maximum atomic E-state index is 13.0. The fourth-order valence-corrected chi connectivity index (χ4v) is 3.00. The van der Waals surface area contributed by atoms with Crippen LogP contribution in [0.3, 0.4) is 0 Å². The summed E-state index contributed by atoms with van der Waals surface area (Å²) in [6, 6.07) is 6.31. The average Bonchev–Trinajstić information content (AvgIpc) is 2.87. The Hall–Kier alpha value is -1.79. The molecule has 0 saturated carbocycles. The number of thiazole rings is 1. The first kappa shape index (κ1) is 16.6. The lowest BCUT2D eigenvalue weighted by atomic mass is 10.2. The van der Waals surface area contributed by atoms with E-state index in [9.17, 15) is 9.18 Å². The van der Waals surface area contributed by atoms with E-state index in [2.05, 4.69) is 10.3 Å². The molecule has 0 fully saturated rings. The van der Waals surface area contributed by atoms with Gasteiger partial charge in [-0.25, -0.2) is 9.37 Å². The molecule has 0 atom stereocenters. The Morgan fingerprint density at radius 1 is 1.36 bits per heavy atom. The van der Waals surface area contributed by atoms with Crippen LogP contribution < -0.4 is 5.32 Å². The Morgan fingerprint density at radius 3 is 2.77 bits per heavy atom. The molecule has 0 spiro atoms. The van der Waals surface area contributed by atoms with E-state index < -0.39 is 0 Å². The van der Waals surface area contributed by atoms with Crippen LogP contribution >= 0.6 is 11.3 Å². The van der Waals surface area contributed by atoms with Gasteiger partial charge in [0.25, 0.3) is 0 Å². The molecule has 22 heavy (non-hydrogen) atoms. The molecule has 118 valence electrons. The molecule has 0 bridgehead atoms. The smallest absolute Gasteiger partial charge is 0.246 e. The van der Waals surface area contributed by atoms with Crippen molar-refractivity contribution in [2.24, 2.45) is 0 Å². The van der Waals surface area contributed by atoms with Crippen molar-refractivity contribution in [3.8, 4) is 10.6 Å². The van der Waals surface area contributed by atoms with Gasteiger partial charge in [-0.2, -0.15) is 0 Å². The molecule has 0 unspecified atom stereocenters. The molecule has 0 saturated heterocycles. The molecule has 1 N–H and O–H groups in total. The second-order valence-electron chi connectivity index (χ2n) is 4.77. The van der Waals surface area contributed by atoms with Crippen LogP contribution in [0.1, 0.15) is 17.5 Å². The standard InChI is InChI=1S/C16H19FN2O2S/c1-3-21-10-15(20)18-9-8-14-11(2)19-16(22-14)12-4-6-13(17)7-5-12/h4-7H,3,8-10H2,1-2H3,(H,18,20). The first-order chi connectivity index (χ1) is 10.6. The monoisotopic (exact) mass is 322 g/mol. The lowest BCUT2D eigenvalue weighted by Crippen LogP contribution is -2.29. The fourth-order valence-electron chi connectivity index (χ4n) is 1.94. The lowest BCUT2D eigenvalue weighted by Gasteiger charge is -2.04. The third-order valence-electron chi connectivity index (χ3n) is 3.10. The molecule has 1 aromatic carbocycles. The van der Waals surface area contributed by atoms with Crippen molar-refractivity contribution in [3.05, 3.63) is 40.7 Å². The summed E-state index contributed by atoms with van der Waals surface area (Å²) in [5.74, 6) is -0.364. The zero-order valence-electron chi connectivity index (χ0n) is 12.7. The number of rotatable bonds is 7. The number of nitrogens with zero attached hydrogens (tertiary/aromatic N) is 1. The predicted molar refractivity (Wildman–Crippen MR) is 85.5 cm³/mol. The molecule has 1 aromatic heterocycles. The van der Waals surface area contributed by atoms with Crippen LogP contribution in [0.25, 0.3) is 10.6 Å². The van der Waals surface area contributed by atoms with Gasteiger partial charge in [0.15, 0.2) is 0 Å². The van der Waals surface area contributed by atoms with E-state index in [4.69, 9.17) is 4.74 Å². The Bertz CT molecular complexity index is 626. The van der Waals surface area contributed by atoms with Crippen molar-refractivity contribution in [1.82, 2.24) is 10.3 Å². The Balaban J connectivity index is 1.93. The van der Waals surface area contributed by atoms with Crippen LogP contribution in [0.5, 0.6) is 0 Å². The molecule has 0 aliphatic carbocycles. The normalized spacial score (nSPS) is 10.7. The number of hydrogen-bond donors (Lipinski definition) is 1. The summed E-state index contributed by atoms with van der Waals surface area (Å²) in [6.45, 7) is 4.98. The number of carbonyl (C=O) groups excluding carboxylic acids is 1. The van der Waals surface area contributed by atoms with E-state index in [0.717, 1.165) is 27.6 Å². The van der Waals surface area contributed by atoms with Crippen molar-refractivity contribution in [3.63, 3.8) is 0 Å². The van der Waals surface area contributed by atoms with Gasteiger partial charge in [-0.05, 0) is 38.1 Å². The first-order valence-electron chi connectivity index (χ1n) is 7.17. The van der Waals surface area contributed by atoms with Crippen molar-refractivity contribution in [2.75, 3.05) is 19.8 Å².